The number of nitriles is 1. The summed E-state index contributed by atoms with van der Waals surface area (Å²) in [7, 11) is 0. The third kappa shape index (κ3) is 0.732. The van der Waals surface area contributed by atoms with E-state index in [1.165, 1.54) is 25.7 Å². The lowest BCUT2D eigenvalue weighted by Gasteiger charge is -2.31. The van der Waals surface area contributed by atoms with Crippen molar-refractivity contribution in [2.45, 2.75) is 25.7 Å². The van der Waals surface area contributed by atoms with Gasteiger partial charge in [-0.25, -0.2) is 0 Å². The largest absolute Gasteiger partial charge is 0.193 e. The van der Waals surface area contributed by atoms with E-state index in [2.05, 4.69) is 12.1 Å². The average Bonchev–Trinajstić information content (AvgIpc) is 2.29. The number of hydrogen-bond donors (Lipinski definition) is 0. The van der Waals surface area contributed by atoms with E-state index in [0.29, 0.717) is 5.92 Å². The number of hydrogen-bond acceptors (Lipinski definition) is 1. The Morgan fingerprint density at radius 3 is 3.00 bits per heavy atom. The summed E-state index contributed by atoms with van der Waals surface area (Å²) in [5.74, 6) is 3.27. The van der Waals surface area contributed by atoms with Crippen LogP contribution in [0.3, 0.4) is 0 Å². The van der Waals surface area contributed by atoms with Crippen molar-refractivity contribution in [1.82, 2.24) is 0 Å². The lowest BCUT2D eigenvalue weighted by Crippen LogP contribution is -2.21. The van der Waals surface area contributed by atoms with Crippen molar-refractivity contribution in [3.8, 4) is 6.07 Å². The van der Waals surface area contributed by atoms with Crippen LogP contribution in [0.4, 0.5) is 0 Å². The second-order valence-electron chi connectivity index (χ2n) is 4.67. The van der Waals surface area contributed by atoms with Crippen LogP contribution in [0.5, 0.6) is 0 Å². The van der Waals surface area contributed by atoms with Crippen LogP contribution in [-0.2, 0) is 0 Å². The quantitative estimate of drug-likeness (QED) is 0.532. The maximum Gasteiger partial charge on any atom is 0.0946 e. The molecular formula is C11H13N. The third-order valence-corrected chi connectivity index (χ3v) is 3.98. The van der Waals surface area contributed by atoms with Gasteiger partial charge in [-0.3, -0.25) is 0 Å². The van der Waals surface area contributed by atoms with E-state index in [4.69, 9.17) is 5.26 Å². The monoisotopic (exact) mass is 159 g/mol. The minimum atomic E-state index is 0.666. The van der Waals surface area contributed by atoms with Gasteiger partial charge in [0.05, 0.1) is 6.07 Å². The Labute approximate surface area is 73.1 Å². The van der Waals surface area contributed by atoms with Gasteiger partial charge < -0.3 is 0 Å². The fraction of sp³-hybridized carbons (Fsp3) is 0.727. The zero-order valence-corrected chi connectivity index (χ0v) is 7.16. The van der Waals surface area contributed by atoms with Gasteiger partial charge in [-0.1, -0.05) is 6.08 Å². The Balaban J connectivity index is 2.05. The van der Waals surface area contributed by atoms with Crippen LogP contribution in [0.25, 0.3) is 0 Å². The highest BCUT2D eigenvalue weighted by atomic mass is 14.5. The lowest BCUT2D eigenvalue weighted by molar-refractivity contribution is 0.274. The summed E-state index contributed by atoms with van der Waals surface area (Å²) < 4.78 is 0. The molecule has 12 heavy (non-hydrogen) atoms. The average molecular weight is 159 g/mol. The SMILES string of the molecule is N#CC1=C[C@H]2C[C@H]3C[C@H](C2)[C@H]1C3. The minimum Gasteiger partial charge on any atom is -0.193 e. The van der Waals surface area contributed by atoms with Crippen LogP contribution in [0, 0.1) is 35.0 Å². The van der Waals surface area contributed by atoms with Crippen molar-refractivity contribution in [2.75, 3.05) is 0 Å². The maximum absolute atomic E-state index is 8.96. The summed E-state index contributed by atoms with van der Waals surface area (Å²) in [5, 5.41) is 8.96. The van der Waals surface area contributed by atoms with E-state index < -0.39 is 0 Å². The zero-order chi connectivity index (χ0) is 8.13. The predicted molar refractivity (Wildman–Crippen MR) is 46.1 cm³/mol. The Hall–Kier alpha value is -0.770. The van der Waals surface area contributed by atoms with E-state index in [-0.39, 0.29) is 0 Å². The zero-order valence-electron chi connectivity index (χ0n) is 7.16. The molecule has 1 heteroatoms. The molecule has 0 amide bonds. The minimum absolute atomic E-state index is 0.666. The maximum atomic E-state index is 8.96. The first kappa shape index (κ1) is 6.71. The van der Waals surface area contributed by atoms with Crippen LogP contribution in [0.2, 0.25) is 0 Å². The standard InChI is InChI=1S/C11H13N/c12-6-10-4-7-1-8-3-9(2-7)11(10)5-8/h4,7-9,11H,1-3,5H2/t7-,8-,9-,11+/m0/s1. The molecule has 0 aliphatic heterocycles. The molecule has 0 spiro atoms. The molecule has 2 fully saturated rings. The highest BCUT2D eigenvalue weighted by Crippen LogP contribution is 2.54. The van der Waals surface area contributed by atoms with Gasteiger partial charge in [0.1, 0.15) is 0 Å². The van der Waals surface area contributed by atoms with Gasteiger partial charge in [0, 0.05) is 5.57 Å². The Morgan fingerprint density at radius 2 is 2.17 bits per heavy atom. The van der Waals surface area contributed by atoms with E-state index >= 15 is 0 Å². The molecular weight excluding hydrogens is 146 g/mol. The Morgan fingerprint density at radius 1 is 1.25 bits per heavy atom. The predicted octanol–water partition coefficient (Wildman–Crippen LogP) is 2.50. The number of nitrogens with zero attached hydrogens (tertiary/aromatic N) is 1. The summed E-state index contributed by atoms with van der Waals surface area (Å²) in [6.45, 7) is 0. The van der Waals surface area contributed by atoms with Crippen molar-refractivity contribution >= 4 is 0 Å². The summed E-state index contributed by atoms with van der Waals surface area (Å²) in [5.41, 5.74) is 1.12. The lowest BCUT2D eigenvalue weighted by atomic mass is 9.73. The van der Waals surface area contributed by atoms with E-state index in [9.17, 15) is 0 Å². The molecule has 3 aliphatic carbocycles. The van der Waals surface area contributed by atoms with Crippen molar-refractivity contribution in [2.24, 2.45) is 23.7 Å². The molecule has 1 nitrogen and oxygen atoms in total. The third-order valence-electron chi connectivity index (χ3n) is 3.98. The van der Waals surface area contributed by atoms with E-state index in [0.717, 1.165) is 23.3 Å². The molecule has 3 aliphatic rings. The molecule has 0 aromatic carbocycles. The van der Waals surface area contributed by atoms with E-state index in [1.807, 2.05) is 0 Å². The molecule has 0 heterocycles. The number of allylic oxidation sites excluding steroid dienone is 2. The molecule has 0 aromatic heterocycles. The van der Waals surface area contributed by atoms with Crippen LogP contribution in [0.15, 0.2) is 11.6 Å². The van der Waals surface area contributed by atoms with Gasteiger partial charge in [-0.15, -0.1) is 0 Å². The Kier molecular flexibility index (Phi) is 1.19. The molecule has 0 aromatic rings. The second kappa shape index (κ2) is 2.13. The van der Waals surface area contributed by atoms with Crippen molar-refractivity contribution in [3.05, 3.63) is 11.6 Å². The molecule has 3 rings (SSSR count). The number of fused-ring (bicyclic) bond motifs is 2. The molecule has 0 radical (unpaired) electrons. The molecule has 0 N–H and O–H groups in total. The van der Waals surface area contributed by atoms with Gasteiger partial charge in [-0.2, -0.15) is 5.26 Å². The van der Waals surface area contributed by atoms with Gasteiger partial charge in [0.25, 0.3) is 0 Å². The fourth-order valence-electron chi connectivity index (χ4n) is 3.62. The summed E-state index contributed by atoms with van der Waals surface area (Å²) in [4.78, 5) is 0. The molecule has 4 atom stereocenters. The summed E-state index contributed by atoms with van der Waals surface area (Å²) >= 11 is 0. The highest BCUT2D eigenvalue weighted by Gasteiger charge is 2.44. The van der Waals surface area contributed by atoms with Gasteiger partial charge in [-0.05, 0) is 49.4 Å². The Bertz CT molecular complexity index is 282. The van der Waals surface area contributed by atoms with Crippen molar-refractivity contribution < 1.29 is 0 Å². The van der Waals surface area contributed by atoms with Crippen molar-refractivity contribution in [3.63, 3.8) is 0 Å². The topological polar surface area (TPSA) is 23.8 Å². The summed E-state index contributed by atoms with van der Waals surface area (Å²) in [6, 6.07) is 2.39. The van der Waals surface area contributed by atoms with Crippen molar-refractivity contribution in [1.29, 1.82) is 5.26 Å². The first-order valence-electron chi connectivity index (χ1n) is 4.98. The van der Waals surface area contributed by atoms with Gasteiger partial charge >= 0.3 is 0 Å². The van der Waals surface area contributed by atoms with E-state index in [1.54, 1.807) is 0 Å². The van der Waals surface area contributed by atoms with Gasteiger partial charge in [0.15, 0.2) is 0 Å². The van der Waals surface area contributed by atoms with Gasteiger partial charge in [0.2, 0.25) is 0 Å². The smallest absolute Gasteiger partial charge is 0.0946 e. The van der Waals surface area contributed by atoms with Crippen LogP contribution >= 0.6 is 0 Å². The van der Waals surface area contributed by atoms with Crippen LogP contribution < -0.4 is 0 Å². The normalized spacial score (nSPS) is 48.8. The highest BCUT2D eigenvalue weighted by molar-refractivity contribution is 5.31. The first-order valence-corrected chi connectivity index (χ1v) is 4.98. The van der Waals surface area contributed by atoms with Crippen LogP contribution in [0.1, 0.15) is 25.7 Å². The first-order chi connectivity index (χ1) is 5.86. The molecule has 3 bridgehead atoms. The molecule has 0 saturated heterocycles. The number of rotatable bonds is 0. The second-order valence-corrected chi connectivity index (χ2v) is 4.67. The fourth-order valence-corrected chi connectivity index (χ4v) is 3.62. The summed E-state index contributed by atoms with van der Waals surface area (Å²) in [6.07, 6.45) is 7.76. The van der Waals surface area contributed by atoms with Crippen LogP contribution in [-0.4, -0.2) is 0 Å². The molecule has 62 valence electrons. The molecule has 2 saturated carbocycles. The molecule has 0 unspecified atom stereocenters.